The number of nitrogen functional groups attached to an aromatic ring is 1. The molecule has 3 nitrogen and oxygen atoms in total. The monoisotopic (exact) mass is 282 g/mol. The smallest absolute Gasteiger partial charge is 0.166 e. The van der Waals surface area contributed by atoms with Crippen LogP contribution in [0.15, 0.2) is 36.5 Å². The van der Waals surface area contributed by atoms with E-state index in [1.807, 2.05) is 6.92 Å². The van der Waals surface area contributed by atoms with E-state index in [9.17, 15) is 0 Å². The topological polar surface area (TPSA) is 48.1 Å². The van der Waals surface area contributed by atoms with E-state index < -0.39 is 0 Å². The van der Waals surface area contributed by atoms with Gasteiger partial charge >= 0.3 is 0 Å². The fraction of sp³-hybridized carbons (Fsp3) is 0.154. The molecule has 0 saturated carbocycles. The van der Waals surface area contributed by atoms with E-state index in [0.717, 1.165) is 5.56 Å². The molecule has 5 heteroatoms. The molecule has 2 aromatic rings. The minimum atomic E-state index is -0.308. The average molecular weight is 283 g/mol. The summed E-state index contributed by atoms with van der Waals surface area (Å²) in [5.74, 6) is 0.855. The number of aromatic nitrogens is 1. The lowest BCUT2D eigenvalue weighted by atomic mass is 10.1. The predicted octanol–water partition coefficient (Wildman–Crippen LogP) is 4.11. The van der Waals surface area contributed by atoms with E-state index in [-0.39, 0.29) is 6.10 Å². The molecule has 2 rings (SSSR count). The normalized spacial score (nSPS) is 12.2. The fourth-order valence-electron chi connectivity index (χ4n) is 1.65. The maximum absolute atomic E-state index is 6.12. The Morgan fingerprint density at radius 3 is 2.44 bits per heavy atom. The molecular formula is C13H12Cl2N2O. The van der Waals surface area contributed by atoms with Crippen LogP contribution in [0.3, 0.4) is 0 Å². The van der Waals surface area contributed by atoms with Crippen molar-refractivity contribution in [3.05, 3.63) is 52.1 Å². The molecule has 2 N–H and O–H groups in total. The van der Waals surface area contributed by atoms with Gasteiger partial charge in [0.1, 0.15) is 6.10 Å². The van der Waals surface area contributed by atoms with Crippen molar-refractivity contribution in [2.75, 3.05) is 5.73 Å². The first-order valence-corrected chi connectivity index (χ1v) is 6.16. The largest absolute Gasteiger partial charge is 0.482 e. The van der Waals surface area contributed by atoms with E-state index in [1.54, 1.807) is 36.5 Å². The summed E-state index contributed by atoms with van der Waals surface area (Å²) in [6.07, 6.45) is 1.30. The Balaban J connectivity index is 2.28. The first-order chi connectivity index (χ1) is 8.59. The first-order valence-electron chi connectivity index (χ1n) is 5.40. The van der Waals surface area contributed by atoms with Crippen molar-refractivity contribution in [1.29, 1.82) is 0 Å². The third kappa shape index (κ3) is 2.68. The van der Waals surface area contributed by atoms with Gasteiger partial charge in [-0.2, -0.15) is 0 Å². The second-order valence-corrected chi connectivity index (χ2v) is 4.60. The second kappa shape index (κ2) is 5.46. The van der Waals surface area contributed by atoms with E-state index in [1.165, 1.54) is 0 Å². The molecule has 0 aliphatic rings. The summed E-state index contributed by atoms with van der Waals surface area (Å²) >= 11 is 12.2. The molecule has 0 radical (unpaired) electrons. The van der Waals surface area contributed by atoms with Gasteiger partial charge in [0.2, 0.25) is 0 Å². The van der Waals surface area contributed by atoms with E-state index in [4.69, 9.17) is 33.7 Å². The lowest BCUT2D eigenvalue weighted by Crippen LogP contribution is -2.06. The minimum absolute atomic E-state index is 0.308. The van der Waals surface area contributed by atoms with E-state index in [2.05, 4.69) is 4.98 Å². The molecule has 0 unspecified atom stereocenters. The highest BCUT2D eigenvalue weighted by Crippen LogP contribution is 2.33. The van der Waals surface area contributed by atoms with Gasteiger partial charge in [-0.3, -0.25) is 0 Å². The van der Waals surface area contributed by atoms with Crippen molar-refractivity contribution in [2.45, 2.75) is 13.0 Å². The van der Waals surface area contributed by atoms with Gasteiger partial charge in [-0.25, -0.2) is 4.98 Å². The van der Waals surface area contributed by atoms with E-state index >= 15 is 0 Å². The number of rotatable bonds is 3. The van der Waals surface area contributed by atoms with Gasteiger partial charge in [0, 0.05) is 21.8 Å². The molecule has 0 amide bonds. The van der Waals surface area contributed by atoms with Gasteiger partial charge in [-0.15, -0.1) is 0 Å². The van der Waals surface area contributed by atoms with Crippen molar-refractivity contribution in [3.8, 4) is 5.75 Å². The molecular weight excluding hydrogens is 271 g/mol. The number of benzene rings is 1. The van der Waals surface area contributed by atoms with Gasteiger partial charge in [0.25, 0.3) is 0 Å². The van der Waals surface area contributed by atoms with Crippen molar-refractivity contribution in [2.24, 2.45) is 0 Å². The molecule has 0 spiro atoms. The SMILES string of the molecule is C[C@@H](Oc1cccnc1N)c1c(Cl)cccc1Cl. The number of ether oxygens (including phenoxy) is 1. The zero-order valence-electron chi connectivity index (χ0n) is 9.73. The lowest BCUT2D eigenvalue weighted by Gasteiger charge is -2.18. The Morgan fingerprint density at radius 1 is 1.17 bits per heavy atom. The van der Waals surface area contributed by atoms with Crippen LogP contribution in [0.2, 0.25) is 10.0 Å². The second-order valence-electron chi connectivity index (χ2n) is 3.78. The van der Waals surface area contributed by atoms with Crippen LogP contribution in [0.25, 0.3) is 0 Å². The highest BCUT2D eigenvalue weighted by Gasteiger charge is 2.16. The summed E-state index contributed by atoms with van der Waals surface area (Å²) in [6, 6.07) is 8.85. The number of nitrogens with two attached hydrogens (primary N) is 1. The Bertz CT molecular complexity index is 540. The number of pyridine rings is 1. The summed E-state index contributed by atoms with van der Waals surface area (Å²) in [4.78, 5) is 3.96. The zero-order chi connectivity index (χ0) is 13.1. The molecule has 0 aliphatic heterocycles. The standard InChI is InChI=1S/C13H12Cl2N2O/c1-8(12-9(14)4-2-5-10(12)15)18-11-6-3-7-17-13(11)16/h2-8H,1H3,(H2,16,17)/t8-/m1/s1. The van der Waals surface area contributed by atoms with Gasteiger partial charge in [-0.1, -0.05) is 29.3 Å². The lowest BCUT2D eigenvalue weighted by molar-refractivity contribution is 0.228. The maximum Gasteiger partial charge on any atom is 0.166 e. The Morgan fingerprint density at radius 2 is 1.83 bits per heavy atom. The molecule has 94 valence electrons. The van der Waals surface area contributed by atoms with Crippen molar-refractivity contribution in [3.63, 3.8) is 0 Å². The zero-order valence-corrected chi connectivity index (χ0v) is 11.2. The van der Waals surface area contributed by atoms with Crippen LogP contribution in [0, 0.1) is 0 Å². The van der Waals surface area contributed by atoms with Gasteiger partial charge in [0.05, 0.1) is 0 Å². The minimum Gasteiger partial charge on any atom is -0.482 e. The molecule has 1 heterocycles. The number of anilines is 1. The van der Waals surface area contributed by atoms with Crippen LogP contribution in [-0.4, -0.2) is 4.98 Å². The average Bonchev–Trinajstić information content (AvgIpc) is 2.32. The van der Waals surface area contributed by atoms with Crippen LogP contribution >= 0.6 is 23.2 Å². The Kier molecular flexibility index (Phi) is 3.94. The van der Waals surface area contributed by atoms with Gasteiger partial charge in [-0.05, 0) is 31.2 Å². The molecule has 0 fully saturated rings. The van der Waals surface area contributed by atoms with Crippen LogP contribution in [0.5, 0.6) is 5.75 Å². The molecule has 0 bridgehead atoms. The molecule has 0 aliphatic carbocycles. The molecule has 1 aromatic carbocycles. The van der Waals surface area contributed by atoms with Gasteiger partial charge in [0.15, 0.2) is 11.6 Å². The van der Waals surface area contributed by atoms with Crippen LogP contribution in [0.4, 0.5) is 5.82 Å². The third-order valence-electron chi connectivity index (χ3n) is 2.51. The van der Waals surface area contributed by atoms with Crippen molar-refractivity contribution < 1.29 is 4.74 Å². The summed E-state index contributed by atoms with van der Waals surface area (Å²) in [7, 11) is 0. The third-order valence-corrected chi connectivity index (χ3v) is 3.17. The summed E-state index contributed by atoms with van der Waals surface area (Å²) in [5.41, 5.74) is 6.46. The Hall–Kier alpha value is -1.45. The number of hydrogen-bond donors (Lipinski definition) is 1. The quantitative estimate of drug-likeness (QED) is 0.922. The molecule has 0 saturated heterocycles. The predicted molar refractivity (Wildman–Crippen MR) is 74.2 cm³/mol. The summed E-state index contributed by atoms with van der Waals surface area (Å²) in [5, 5.41) is 1.13. The van der Waals surface area contributed by atoms with Gasteiger partial charge < -0.3 is 10.5 Å². The van der Waals surface area contributed by atoms with Crippen LogP contribution in [-0.2, 0) is 0 Å². The number of hydrogen-bond acceptors (Lipinski definition) is 3. The highest BCUT2D eigenvalue weighted by molar-refractivity contribution is 6.36. The van der Waals surface area contributed by atoms with Crippen molar-refractivity contribution in [1.82, 2.24) is 4.98 Å². The fourth-order valence-corrected chi connectivity index (χ4v) is 2.36. The van der Waals surface area contributed by atoms with Crippen molar-refractivity contribution >= 4 is 29.0 Å². The summed E-state index contributed by atoms with van der Waals surface area (Å²) < 4.78 is 5.74. The maximum atomic E-state index is 6.12. The Labute approximate surface area is 115 Å². The highest BCUT2D eigenvalue weighted by atomic mass is 35.5. The first kappa shape index (κ1) is 13.0. The number of nitrogens with zero attached hydrogens (tertiary/aromatic N) is 1. The molecule has 1 atom stereocenters. The molecule has 18 heavy (non-hydrogen) atoms. The van der Waals surface area contributed by atoms with Crippen LogP contribution in [0.1, 0.15) is 18.6 Å². The van der Waals surface area contributed by atoms with E-state index in [0.29, 0.717) is 21.6 Å². The molecule has 1 aromatic heterocycles. The summed E-state index contributed by atoms with van der Waals surface area (Å²) in [6.45, 7) is 1.86. The number of halogens is 2. The van der Waals surface area contributed by atoms with Crippen LogP contribution < -0.4 is 10.5 Å².